The summed E-state index contributed by atoms with van der Waals surface area (Å²) in [6.45, 7) is 2.31. The van der Waals surface area contributed by atoms with Crippen molar-refractivity contribution in [1.82, 2.24) is 29.9 Å². The number of aromatic nitrogens is 5. The first-order valence-corrected chi connectivity index (χ1v) is 11.0. The molecule has 188 valence electrons. The first-order chi connectivity index (χ1) is 16.6. The van der Waals surface area contributed by atoms with Gasteiger partial charge in [0.1, 0.15) is 17.9 Å². The van der Waals surface area contributed by atoms with Crippen molar-refractivity contribution in [1.29, 1.82) is 0 Å². The lowest BCUT2D eigenvalue weighted by atomic mass is 10.1. The maximum Gasteiger partial charge on any atom is 0.433 e. The van der Waals surface area contributed by atoms with Gasteiger partial charge in [-0.2, -0.15) is 18.3 Å². The number of aromatic amines is 1. The van der Waals surface area contributed by atoms with E-state index < -0.39 is 30.2 Å². The number of rotatable bonds is 7. The highest BCUT2D eigenvalue weighted by atomic mass is 19.4. The summed E-state index contributed by atoms with van der Waals surface area (Å²) in [5.74, 6) is 0.129. The van der Waals surface area contributed by atoms with Gasteiger partial charge in [-0.05, 0) is 19.8 Å². The number of carbonyl (C=O) groups excluding carboxylic acids is 1. The standard InChI is InChI=1S/C21H24F3N7O4/c1-20(3-4-20)28-19(32)35-12-5-14(34-10-12)13-6-16(30-29-13)27-18-26-15(21(22,23)24)7-17-25-11(9-33-2)8-31(17)18/h6-8,12,14H,3-5,9-10H2,1-2H3,(H,28,32)(H2,26,27,29,30). The number of imidazole rings is 1. The van der Waals surface area contributed by atoms with Crippen LogP contribution in [0.2, 0.25) is 0 Å². The molecule has 1 aliphatic heterocycles. The largest absolute Gasteiger partial charge is 0.444 e. The fraction of sp³-hybridized carbons (Fsp3) is 0.524. The molecule has 3 aromatic rings. The van der Waals surface area contributed by atoms with Crippen molar-refractivity contribution < 1.29 is 32.2 Å². The van der Waals surface area contributed by atoms with Gasteiger partial charge in [0.15, 0.2) is 11.5 Å². The first-order valence-electron chi connectivity index (χ1n) is 11.0. The number of halogens is 3. The lowest BCUT2D eigenvalue weighted by Crippen LogP contribution is -2.37. The number of alkyl halides is 3. The Morgan fingerprint density at radius 2 is 2.14 bits per heavy atom. The lowest BCUT2D eigenvalue weighted by molar-refractivity contribution is -0.141. The Morgan fingerprint density at radius 3 is 2.86 bits per heavy atom. The van der Waals surface area contributed by atoms with Crippen molar-refractivity contribution >= 4 is 23.5 Å². The van der Waals surface area contributed by atoms with Gasteiger partial charge < -0.3 is 24.8 Å². The summed E-state index contributed by atoms with van der Waals surface area (Å²) in [4.78, 5) is 19.9. The molecule has 0 spiro atoms. The number of hydrogen-bond acceptors (Lipinski definition) is 8. The number of nitrogens with zero attached hydrogens (tertiary/aromatic N) is 4. The van der Waals surface area contributed by atoms with Crippen LogP contribution in [-0.2, 0) is 27.0 Å². The predicted octanol–water partition coefficient (Wildman–Crippen LogP) is 3.47. The third kappa shape index (κ3) is 5.17. The minimum absolute atomic E-state index is 0.0649. The van der Waals surface area contributed by atoms with Crippen molar-refractivity contribution in [3.63, 3.8) is 0 Å². The van der Waals surface area contributed by atoms with Crippen LogP contribution in [0.25, 0.3) is 5.65 Å². The quantitative estimate of drug-likeness (QED) is 0.455. The second kappa shape index (κ2) is 8.68. The zero-order valence-corrected chi connectivity index (χ0v) is 19.0. The van der Waals surface area contributed by atoms with Gasteiger partial charge in [0.25, 0.3) is 0 Å². The van der Waals surface area contributed by atoms with Gasteiger partial charge in [0, 0.05) is 37.4 Å². The molecule has 35 heavy (non-hydrogen) atoms. The van der Waals surface area contributed by atoms with Crippen LogP contribution in [0.15, 0.2) is 18.3 Å². The van der Waals surface area contributed by atoms with Crippen LogP contribution in [0.1, 0.15) is 49.4 Å². The number of ether oxygens (including phenoxy) is 3. The number of anilines is 2. The Morgan fingerprint density at radius 1 is 1.34 bits per heavy atom. The van der Waals surface area contributed by atoms with Crippen molar-refractivity contribution in [2.75, 3.05) is 19.0 Å². The molecule has 4 heterocycles. The summed E-state index contributed by atoms with van der Waals surface area (Å²) in [6.07, 6.45) is -2.15. The van der Waals surface area contributed by atoms with Crippen molar-refractivity contribution in [2.45, 2.75) is 56.7 Å². The van der Waals surface area contributed by atoms with Gasteiger partial charge in [-0.1, -0.05) is 0 Å². The van der Waals surface area contributed by atoms with Crippen molar-refractivity contribution in [3.05, 3.63) is 35.4 Å². The van der Waals surface area contributed by atoms with Crippen LogP contribution in [0.5, 0.6) is 0 Å². The first kappa shape index (κ1) is 23.4. The number of carbonyl (C=O) groups is 1. The summed E-state index contributed by atoms with van der Waals surface area (Å²) in [6, 6.07) is 2.48. The molecular weight excluding hydrogens is 471 g/mol. The van der Waals surface area contributed by atoms with Crippen LogP contribution in [0.4, 0.5) is 29.7 Å². The number of methoxy groups -OCH3 is 1. The number of amides is 1. The normalized spacial score (nSPS) is 21.3. The molecule has 1 aliphatic carbocycles. The molecule has 0 bridgehead atoms. The van der Waals surface area contributed by atoms with E-state index in [9.17, 15) is 18.0 Å². The Labute approximate surface area is 197 Å². The van der Waals surface area contributed by atoms with E-state index in [0.717, 1.165) is 18.9 Å². The van der Waals surface area contributed by atoms with E-state index in [4.69, 9.17) is 14.2 Å². The Kier molecular flexibility index (Phi) is 5.79. The molecule has 2 atom stereocenters. The molecule has 0 aromatic carbocycles. The lowest BCUT2D eigenvalue weighted by Gasteiger charge is -2.15. The number of alkyl carbamates (subject to hydrolysis) is 1. The highest BCUT2D eigenvalue weighted by molar-refractivity contribution is 5.69. The molecule has 1 amide bonds. The van der Waals surface area contributed by atoms with E-state index in [1.54, 1.807) is 6.07 Å². The molecule has 2 fully saturated rings. The molecule has 3 N–H and O–H groups in total. The maximum absolute atomic E-state index is 13.4. The zero-order chi connectivity index (χ0) is 24.8. The predicted molar refractivity (Wildman–Crippen MR) is 115 cm³/mol. The molecule has 1 saturated heterocycles. The Hall–Kier alpha value is -3.39. The molecule has 1 saturated carbocycles. The summed E-state index contributed by atoms with van der Waals surface area (Å²) in [5.41, 5.74) is -0.167. The highest BCUT2D eigenvalue weighted by Gasteiger charge is 2.40. The third-order valence-electron chi connectivity index (χ3n) is 5.91. The maximum atomic E-state index is 13.4. The highest BCUT2D eigenvalue weighted by Crippen LogP contribution is 2.35. The van der Waals surface area contributed by atoms with E-state index in [-0.39, 0.29) is 36.2 Å². The summed E-state index contributed by atoms with van der Waals surface area (Å²) in [5, 5.41) is 12.6. The van der Waals surface area contributed by atoms with Crippen LogP contribution in [0, 0.1) is 0 Å². The van der Waals surface area contributed by atoms with E-state index in [0.29, 0.717) is 17.8 Å². The zero-order valence-electron chi connectivity index (χ0n) is 19.0. The van der Waals surface area contributed by atoms with Crippen LogP contribution < -0.4 is 10.6 Å². The van der Waals surface area contributed by atoms with Gasteiger partial charge in [-0.3, -0.25) is 9.50 Å². The van der Waals surface area contributed by atoms with Gasteiger partial charge in [-0.25, -0.2) is 14.8 Å². The van der Waals surface area contributed by atoms with E-state index in [2.05, 4.69) is 30.8 Å². The molecule has 5 rings (SSSR count). The summed E-state index contributed by atoms with van der Waals surface area (Å²) in [7, 11) is 1.47. The monoisotopic (exact) mass is 495 g/mol. The molecule has 2 unspecified atom stereocenters. The number of H-pyrrole nitrogens is 1. The van der Waals surface area contributed by atoms with Gasteiger partial charge in [0.2, 0.25) is 5.95 Å². The van der Waals surface area contributed by atoms with Crippen LogP contribution >= 0.6 is 0 Å². The Balaban J connectivity index is 1.29. The van der Waals surface area contributed by atoms with Gasteiger partial charge in [-0.15, -0.1) is 0 Å². The summed E-state index contributed by atoms with van der Waals surface area (Å²) >= 11 is 0. The number of nitrogens with one attached hydrogen (secondary N) is 3. The smallest absolute Gasteiger partial charge is 0.433 e. The second-order valence-corrected chi connectivity index (χ2v) is 8.96. The van der Waals surface area contributed by atoms with Crippen LogP contribution in [-0.4, -0.2) is 56.0 Å². The average molecular weight is 495 g/mol. The summed E-state index contributed by atoms with van der Waals surface area (Å²) < 4.78 is 57.8. The number of hydrogen-bond donors (Lipinski definition) is 3. The SMILES string of the molecule is COCc1cn2c(Nc3cc(C4CC(OC(=O)NC5(C)CC5)CO4)[nH]n3)nc(C(F)(F)F)cc2n1. The molecule has 3 aromatic heterocycles. The Bertz CT molecular complexity index is 1240. The minimum Gasteiger partial charge on any atom is -0.444 e. The average Bonchev–Trinajstić information content (AvgIpc) is 3.20. The van der Waals surface area contributed by atoms with Crippen molar-refractivity contribution in [2.24, 2.45) is 0 Å². The molecule has 2 aliphatic rings. The fourth-order valence-electron chi connectivity index (χ4n) is 3.81. The number of fused-ring (bicyclic) bond motifs is 1. The van der Waals surface area contributed by atoms with E-state index in [1.807, 2.05) is 6.92 Å². The second-order valence-electron chi connectivity index (χ2n) is 8.96. The molecule has 0 radical (unpaired) electrons. The third-order valence-corrected chi connectivity index (χ3v) is 5.91. The molecule has 11 nitrogen and oxygen atoms in total. The van der Waals surface area contributed by atoms with E-state index in [1.165, 1.54) is 17.7 Å². The minimum atomic E-state index is -4.65. The fourth-order valence-corrected chi connectivity index (χ4v) is 3.81. The van der Waals surface area contributed by atoms with Gasteiger partial charge in [0.05, 0.1) is 24.6 Å². The van der Waals surface area contributed by atoms with Crippen molar-refractivity contribution in [3.8, 4) is 0 Å². The van der Waals surface area contributed by atoms with E-state index >= 15 is 0 Å². The molecule has 14 heteroatoms. The molecular formula is C21H24F3N7O4. The van der Waals surface area contributed by atoms with Crippen LogP contribution in [0.3, 0.4) is 0 Å². The van der Waals surface area contributed by atoms with Gasteiger partial charge >= 0.3 is 12.3 Å². The topological polar surface area (TPSA) is 128 Å².